The molecule has 0 saturated heterocycles. The first-order valence-corrected chi connectivity index (χ1v) is 3.86. The van der Waals surface area contributed by atoms with E-state index in [2.05, 4.69) is 4.74 Å². The van der Waals surface area contributed by atoms with Gasteiger partial charge in [0, 0.05) is 5.56 Å². The maximum Gasteiger partial charge on any atom is 0.511 e. The van der Waals surface area contributed by atoms with E-state index in [9.17, 15) is 4.79 Å². The molecule has 0 amide bonds. The maximum absolute atomic E-state index is 10.3. The zero-order chi connectivity index (χ0) is 10.6. The van der Waals surface area contributed by atoms with Crippen molar-refractivity contribution in [2.75, 3.05) is 7.11 Å². The Morgan fingerprint density at radius 1 is 1.50 bits per heavy atom. The number of benzene rings is 1. The quantitative estimate of drug-likeness (QED) is 0.564. The Labute approximate surface area is 80.5 Å². The van der Waals surface area contributed by atoms with Gasteiger partial charge in [0.05, 0.1) is 13.7 Å². The van der Waals surface area contributed by atoms with Gasteiger partial charge in [-0.2, -0.15) is 0 Å². The predicted octanol–water partition coefficient (Wildman–Crippen LogP) is 1.24. The van der Waals surface area contributed by atoms with Gasteiger partial charge in [-0.3, -0.25) is 0 Å². The highest BCUT2D eigenvalue weighted by atomic mass is 16.7. The molecule has 1 aromatic rings. The molecule has 5 heteroatoms. The summed E-state index contributed by atoms with van der Waals surface area (Å²) in [6, 6.07) is 4.49. The van der Waals surface area contributed by atoms with Gasteiger partial charge >= 0.3 is 6.16 Å². The Bertz CT molecular complexity index is 334. The van der Waals surface area contributed by atoms with Crippen molar-refractivity contribution in [2.24, 2.45) is 0 Å². The molecule has 0 fully saturated rings. The van der Waals surface area contributed by atoms with Gasteiger partial charge in [0.2, 0.25) is 0 Å². The topological polar surface area (TPSA) is 76.0 Å². The number of hydrogen-bond acceptors (Lipinski definition) is 4. The number of methoxy groups -OCH3 is 1. The minimum absolute atomic E-state index is 0.112. The van der Waals surface area contributed by atoms with E-state index in [-0.39, 0.29) is 12.4 Å². The van der Waals surface area contributed by atoms with E-state index in [1.807, 2.05) is 0 Å². The molecule has 0 aliphatic rings. The van der Waals surface area contributed by atoms with E-state index in [1.165, 1.54) is 19.2 Å². The lowest BCUT2D eigenvalue weighted by Crippen LogP contribution is -2.05. The van der Waals surface area contributed by atoms with Crippen LogP contribution in [0.4, 0.5) is 4.79 Å². The Morgan fingerprint density at radius 3 is 2.71 bits per heavy atom. The van der Waals surface area contributed by atoms with E-state index in [0.717, 1.165) is 0 Å². The van der Waals surface area contributed by atoms with Crippen molar-refractivity contribution in [1.82, 2.24) is 0 Å². The third kappa shape index (κ3) is 2.37. The van der Waals surface area contributed by atoms with Gasteiger partial charge in [-0.1, -0.05) is 0 Å². The molecule has 0 spiro atoms. The molecule has 0 aromatic heterocycles. The summed E-state index contributed by atoms with van der Waals surface area (Å²) in [5.74, 6) is 0.646. The van der Waals surface area contributed by atoms with E-state index < -0.39 is 6.16 Å². The molecule has 0 saturated carbocycles. The third-order valence-corrected chi connectivity index (χ3v) is 1.64. The molecule has 14 heavy (non-hydrogen) atoms. The summed E-state index contributed by atoms with van der Waals surface area (Å²) in [7, 11) is 1.48. The van der Waals surface area contributed by atoms with Crippen molar-refractivity contribution < 1.29 is 24.5 Å². The van der Waals surface area contributed by atoms with Gasteiger partial charge in [0.1, 0.15) is 11.5 Å². The van der Waals surface area contributed by atoms with Crippen LogP contribution < -0.4 is 9.47 Å². The molecule has 0 radical (unpaired) electrons. The van der Waals surface area contributed by atoms with E-state index in [1.54, 1.807) is 6.07 Å². The lowest BCUT2D eigenvalue weighted by Gasteiger charge is -2.07. The molecule has 1 rings (SSSR count). The van der Waals surface area contributed by atoms with Gasteiger partial charge in [0.15, 0.2) is 0 Å². The summed E-state index contributed by atoms with van der Waals surface area (Å²) in [5.41, 5.74) is 0.367. The summed E-state index contributed by atoms with van der Waals surface area (Å²) in [5, 5.41) is 17.3. The number of aliphatic hydroxyl groups is 1. The molecule has 5 nitrogen and oxygen atoms in total. The van der Waals surface area contributed by atoms with Crippen LogP contribution >= 0.6 is 0 Å². The van der Waals surface area contributed by atoms with Crippen molar-refractivity contribution in [3.05, 3.63) is 23.8 Å². The fourth-order valence-electron chi connectivity index (χ4n) is 1.000. The zero-order valence-electron chi connectivity index (χ0n) is 7.56. The second kappa shape index (κ2) is 4.48. The lowest BCUT2D eigenvalue weighted by atomic mass is 10.2. The highest BCUT2D eigenvalue weighted by molar-refractivity contribution is 5.62. The van der Waals surface area contributed by atoms with Crippen LogP contribution in [-0.4, -0.2) is 23.5 Å². The number of hydrogen-bond donors (Lipinski definition) is 2. The van der Waals surface area contributed by atoms with E-state index in [4.69, 9.17) is 14.9 Å². The highest BCUT2D eigenvalue weighted by Gasteiger charge is 2.08. The normalized spacial score (nSPS) is 9.57. The van der Waals surface area contributed by atoms with E-state index >= 15 is 0 Å². The smallest absolute Gasteiger partial charge is 0.497 e. The molecule has 2 N–H and O–H groups in total. The van der Waals surface area contributed by atoms with Crippen LogP contribution in [0.1, 0.15) is 5.56 Å². The van der Waals surface area contributed by atoms with Crippen LogP contribution in [0.25, 0.3) is 0 Å². The zero-order valence-corrected chi connectivity index (χ0v) is 7.56. The second-order valence-electron chi connectivity index (χ2n) is 2.50. The summed E-state index contributed by atoms with van der Waals surface area (Å²) in [4.78, 5) is 10.3. The standard InChI is InChI=1S/C9H10O5/c1-13-7-2-3-8(14-9(11)12)6(4-7)5-10/h2-4,10H,5H2,1H3,(H,11,12). The largest absolute Gasteiger partial charge is 0.511 e. The van der Waals surface area contributed by atoms with Crippen molar-refractivity contribution >= 4 is 6.16 Å². The van der Waals surface area contributed by atoms with Crippen molar-refractivity contribution in [3.8, 4) is 11.5 Å². The molecule has 0 heterocycles. The Kier molecular flexibility index (Phi) is 3.30. The van der Waals surface area contributed by atoms with Crippen LogP contribution in [0.5, 0.6) is 11.5 Å². The summed E-state index contributed by atoms with van der Waals surface area (Å²) in [6.07, 6.45) is -1.41. The first-order valence-electron chi connectivity index (χ1n) is 3.86. The molecular weight excluding hydrogens is 188 g/mol. The number of rotatable bonds is 3. The minimum Gasteiger partial charge on any atom is -0.497 e. The summed E-state index contributed by atoms with van der Waals surface area (Å²) in [6.45, 7) is -0.306. The molecule has 0 unspecified atom stereocenters. The average molecular weight is 198 g/mol. The molecule has 0 aliphatic heterocycles. The monoisotopic (exact) mass is 198 g/mol. The maximum atomic E-state index is 10.3. The van der Waals surface area contributed by atoms with Crippen LogP contribution in [0, 0.1) is 0 Å². The van der Waals surface area contributed by atoms with Crippen LogP contribution in [-0.2, 0) is 6.61 Å². The van der Waals surface area contributed by atoms with Crippen molar-refractivity contribution in [2.45, 2.75) is 6.61 Å². The van der Waals surface area contributed by atoms with Gasteiger partial charge in [-0.05, 0) is 18.2 Å². The van der Waals surface area contributed by atoms with Crippen LogP contribution in [0.15, 0.2) is 18.2 Å². The fraction of sp³-hybridized carbons (Fsp3) is 0.222. The second-order valence-corrected chi connectivity index (χ2v) is 2.50. The van der Waals surface area contributed by atoms with Gasteiger partial charge < -0.3 is 19.7 Å². The first kappa shape index (κ1) is 10.3. The predicted molar refractivity (Wildman–Crippen MR) is 47.6 cm³/mol. The summed E-state index contributed by atoms with van der Waals surface area (Å²) < 4.78 is 9.34. The Balaban J connectivity index is 2.98. The SMILES string of the molecule is COc1ccc(OC(=O)O)c(CO)c1. The molecule has 0 atom stereocenters. The van der Waals surface area contributed by atoms with E-state index in [0.29, 0.717) is 11.3 Å². The van der Waals surface area contributed by atoms with Gasteiger partial charge in [0.25, 0.3) is 0 Å². The fourth-order valence-corrected chi connectivity index (χ4v) is 1.000. The van der Waals surface area contributed by atoms with Crippen molar-refractivity contribution in [3.63, 3.8) is 0 Å². The minimum atomic E-state index is -1.41. The molecule has 1 aromatic carbocycles. The van der Waals surface area contributed by atoms with Gasteiger partial charge in [-0.15, -0.1) is 0 Å². The first-order chi connectivity index (χ1) is 6.67. The molecular formula is C9H10O5. The Morgan fingerprint density at radius 2 is 2.21 bits per heavy atom. The number of aliphatic hydroxyl groups excluding tert-OH is 1. The highest BCUT2D eigenvalue weighted by Crippen LogP contribution is 2.24. The molecule has 0 aliphatic carbocycles. The number of carbonyl (C=O) groups is 1. The number of ether oxygens (including phenoxy) is 2. The van der Waals surface area contributed by atoms with Crippen LogP contribution in [0.3, 0.4) is 0 Å². The van der Waals surface area contributed by atoms with Gasteiger partial charge in [-0.25, -0.2) is 4.79 Å². The Hall–Kier alpha value is -1.75. The molecule has 0 bridgehead atoms. The van der Waals surface area contributed by atoms with Crippen molar-refractivity contribution in [1.29, 1.82) is 0 Å². The van der Waals surface area contributed by atoms with Crippen LogP contribution in [0.2, 0.25) is 0 Å². The average Bonchev–Trinajstić information content (AvgIpc) is 2.17. The number of carboxylic acid groups (broad SMARTS) is 1. The third-order valence-electron chi connectivity index (χ3n) is 1.64. The summed E-state index contributed by atoms with van der Waals surface area (Å²) >= 11 is 0. The molecule has 76 valence electrons. The lowest BCUT2D eigenvalue weighted by molar-refractivity contribution is 0.143.